The molecule has 1 N–H and O–H groups in total. The number of hydrogen-bond acceptors (Lipinski definition) is 5. The van der Waals surface area contributed by atoms with Crippen LogP contribution in [0.2, 0.25) is 5.02 Å². The van der Waals surface area contributed by atoms with Crippen LogP contribution in [0.5, 0.6) is 0 Å². The van der Waals surface area contributed by atoms with Gasteiger partial charge in [-0.1, -0.05) is 11.6 Å². The van der Waals surface area contributed by atoms with Crippen molar-refractivity contribution in [2.24, 2.45) is 0 Å². The third-order valence-corrected chi connectivity index (χ3v) is 5.72. The molecule has 0 aliphatic carbocycles. The second kappa shape index (κ2) is 5.88. The first-order valence-electron chi connectivity index (χ1n) is 6.42. The lowest BCUT2D eigenvalue weighted by Gasteiger charge is -2.36. The Balaban J connectivity index is 2.44. The van der Waals surface area contributed by atoms with Gasteiger partial charge in [0.2, 0.25) is 10.0 Å². The molecular weight excluding hydrogens is 318 g/mol. The number of rotatable bonds is 3. The van der Waals surface area contributed by atoms with E-state index >= 15 is 0 Å². The minimum Gasteiger partial charge on any atom is -0.311 e. The van der Waals surface area contributed by atoms with Crippen molar-refractivity contribution in [1.82, 2.24) is 9.62 Å². The van der Waals surface area contributed by atoms with Gasteiger partial charge < -0.3 is 5.32 Å². The first-order chi connectivity index (χ1) is 9.73. The van der Waals surface area contributed by atoms with Crippen molar-refractivity contribution in [2.45, 2.75) is 30.8 Å². The van der Waals surface area contributed by atoms with Gasteiger partial charge in [-0.15, -0.1) is 0 Å². The molecule has 2 rings (SSSR count). The Labute approximate surface area is 128 Å². The van der Waals surface area contributed by atoms with Gasteiger partial charge in [0.15, 0.2) is 0 Å². The molecule has 9 heteroatoms. The van der Waals surface area contributed by atoms with E-state index in [1.54, 1.807) is 6.92 Å². The van der Waals surface area contributed by atoms with Crippen LogP contribution in [0.3, 0.4) is 0 Å². The van der Waals surface area contributed by atoms with E-state index in [-0.39, 0.29) is 22.0 Å². The highest BCUT2D eigenvalue weighted by Gasteiger charge is 2.34. The average molecular weight is 334 g/mol. The first-order valence-corrected chi connectivity index (χ1v) is 8.24. The highest BCUT2D eigenvalue weighted by molar-refractivity contribution is 7.89. The van der Waals surface area contributed by atoms with Gasteiger partial charge >= 0.3 is 0 Å². The SMILES string of the molecule is CC1CN(S(=O)(=O)c2ccc(Cl)c([N+](=O)[O-])c2)C(C)CN1. The van der Waals surface area contributed by atoms with Gasteiger partial charge in [0, 0.05) is 31.2 Å². The van der Waals surface area contributed by atoms with Gasteiger partial charge in [-0.2, -0.15) is 4.31 Å². The fraction of sp³-hybridized carbons (Fsp3) is 0.500. The summed E-state index contributed by atoms with van der Waals surface area (Å²) in [6, 6.07) is 3.35. The molecule has 1 heterocycles. The molecule has 0 aromatic heterocycles. The molecule has 0 spiro atoms. The quantitative estimate of drug-likeness (QED) is 0.670. The third-order valence-electron chi connectivity index (χ3n) is 3.43. The van der Waals surface area contributed by atoms with Crippen LogP contribution in [0.1, 0.15) is 13.8 Å². The zero-order valence-electron chi connectivity index (χ0n) is 11.6. The summed E-state index contributed by atoms with van der Waals surface area (Å²) in [6.07, 6.45) is 0. The number of benzene rings is 1. The number of nitro groups is 1. The summed E-state index contributed by atoms with van der Waals surface area (Å²) in [6.45, 7) is 4.54. The maximum Gasteiger partial charge on any atom is 0.289 e. The standard InChI is InChI=1S/C12H16ClN3O4S/c1-8-7-15(9(2)6-14-8)21(19,20)10-3-4-11(13)12(5-10)16(17)18/h3-5,8-9,14H,6-7H2,1-2H3. The molecule has 1 aromatic carbocycles. The first kappa shape index (κ1) is 16.2. The van der Waals surface area contributed by atoms with Crippen LogP contribution >= 0.6 is 11.6 Å². The lowest BCUT2D eigenvalue weighted by atomic mass is 10.2. The molecule has 1 fully saturated rings. The van der Waals surface area contributed by atoms with Crippen molar-refractivity contribution in [3.05, 3.63) is 33.3 Å². The smallest absolute Gasteiger partial charge is 0.289 e. The minimum absolute atomic E-state index is 0.0262. The van der Waals surface area contributed by atoms with E-state index in [1.165, 1.54) is 16.4 Å². The van der Waals surface area contributed by atoms with Gasteiger partial charge in [0.1, 0.15) is 5.02 Å². The second-order valence-corrected chi connectivity index (χ2v) is 7.40. The lowest BCUT2D eigenvalue weighted by Crippen LogP contribution is -2.56. The minimum atomic E-state index is -3.79. The van der Waals surface area contributed by atoms with E-state index < -0.39 is 20.6 Å². The van der Waals surface area contributed by atoms with Crippen LogP contribution in [-0.2, 0) is 10.0 Å². The molecule has 1 aliphatic heterocycles. The van der Waals surface area contributed by atoms with E-state index in [2.05, 4.69) is 5.32 Å². The number of piperazine rings is 1. The van der Waals surface area contributed by atoms with Crippen LogP contribution in [0.25, 0.3) is 0 Å². The van der Waals surface area contributed by atoms with Gasteiger partial charge in [-0.25, -0.2) is 8.42 Å². The summed E-state index contributed by atoms with van der Waals surface area (Å²) in [4.78, 5) is 10.1. The van der Waals surface area contributed by atoms with Gasteiger partial charge in [-0.05, 0) is 26.0 Å². The lowest BCUT2D eigenvalue weighted by molar-refractivity contribution is -0.384. The van der Waals surface area contributed by atoms with Crippen molar-refractivity contribution in [1.29, 1.82) is 0 Å². The van der Waals surface area contributed by atoms with Crippen LogP contribution < -0.4 is 5.32 Å². The maximum atomic E-state index is 12.7. The van der Waals surface area contributed by atoms with Gasteiger partial charge in [-0.3, -0.25) is 10.1 Å². The summed E-state index contributed by atoms with van der Waals surface area (Å²) in [7, 11) is -3.79. The molecule has 0 bridgehead atoms. The molecule has 0 amide bonds. The van der Waals surface area contributed by atoms with Crippen molar-refractivity contribution in [3.63, 3.8) is 0 Å². The maximum absolute atomic E-state index is 12.7. The highest BCUT2D eigenvalue weighted by atomic mass is 35.5. The molecule has 1 saturated heterocycles. The molecule has 2 unspecified atom stereocenters. The predicted molar refractivity (Wildman–Crippen MR) is 78.9 cm³/mol. The summed E-state index contributed by atoms with van der Waals surface area (Å²) in [5.41, 5.74) is -0.409. The van der Waals surface area contributed by atoms with Crippen molar-refractivity contribution < 1.29 is 13.3 Å². The Morgan fingerprint density at radius 3 is 2.71 bits per heavy atom. The number of nitrogens with one attached hydrogen (secondary N) is 1. The predicted octanol–water partition coefficient (Wildman–Crippen LogP) is 1.62. The summed E-state index contributed by atoms with van der Waals surface area (Å²) in [5, 5.41) is 14.0. The largest absolute Gasteiger partial charge is 0.311 e. The third kappa shape index (κ3) is 3.18. The molecule has 0 radical (unpaired) electrons. The van der Waals surface area contributed by atoms with Crippen molar-refractivity contribution >= 4 is 27.3 Å². The molecule has 1 aliphatic rings. The van der Waals surface area contributed by atoms with E-state index in [1.807, 2.05) is 6.92 Å². The Morgan fingerprint density at radius 2 is 2.10 bits per heavy atom. The van der Waals surface area contributed by atoms with Crippen LogP contribution in [0.4, 0.5) is 5.69 Å². The van der Waals surface area contributed by atoms with Crippen LogP contribution in [0, 0.1) is 10.1 Å². The zero-order valence-corrected chi connectivity index (χ0v) is 13.2. The molecule has 2 atom stereocenters. The molecule has 0 saturated carbocycles. The number of sulfonamides is 1. The Hall–Kier alpha value is -1.22. The Bertz CT molecular complexity index is 664. The summed E-state index contributed by atoms with van der Waals surface area (Å²) < 4.78 is 26.7. The van der Waals surface area contributed by atoms with Crippen molar-refractivity contribution in [2.75, 3.05) is 13.1 Å². The normalized spacial score (nSPS) is 24.0. The zero-order chi connectivity index (χ0) is 15.8. The molecule has 21 heavy (non-hydrogen) atoms. The average Bonchev–Trinajstić information content (AvgIpc) is 2.41. The van der Waals surface area contributed by atoms with E-state index in [0.717, 1.165) is 6.07 Å². The molecule has 1 aromatic rings. The van der Waals surface area contributed by atoms with Gasteiger partial charge in [0.05, 0.1) is 9.82 Å². The monoisotopic (exact) mass is 333 g/mol. The van der Waals surface area contributed by atoms with E-state index in [0.29, 0.717) is 13.1 Å². The van der Waals surface area contributed by atoms with Crippen molar-refractivity contribution in [3.8, 4) is 0 Å². The second-order valence-electron chi connectivity index (χ2n) is 5.10. The Morgan fingerprint density at radius 1 is 1.43 bits per heavy atom. The molecular formula is C12H16ClN3O4S. The van der Waals surface area contributed by atoms with E-state index in [4.69, 9.17) is 11.6 Å². The van der Waals surface area contributed by atoms with Gasteiger partial charge in [0.25, 0.3) is 5.69 Å². The van der Waals surface area contributed by atoms with Crippen LogP contribution in [0.15, 0.2) is 23.1 Å². The number of halogens is 1. The number of nitro benzene ring substituents is 1. The fourth-order valence-electron chi connectivity index (χ4n) is 2.25. The molecule has 7 nitrogen and oxygen atoms in total. The number of hydrogen-bond donors (Lipinski definition) is 1. The van der Waals surface area contributed by atoms with Crippen LogP contribution in [-0.4, -0.2) is 42.8 Å². The van der Waals surface area contributed by atoms with E-state index in [9.17, 15) is 18.5 Å². The topological polar surface area (TPSA) is 92.5 Å². The highest BCUT2D eigenvalue weighted by Crippen LogP contribution is 2.29. The molecule has 116 valence electrons. The Kier molecular flexibility index (Phi) is 4.52. The number of nitrogens with zero attached hydrogens (tertiary/aromatic N) is 2. The fourth-order valence-corrected chi connectivity index (χ4v) is 4.18. The summed E-state index contributed by atoms with van der Waals surface area (Å²) in [5.74, 6) is 0. The summed E-state index contributed by atoms with van der Waals surface area (Å²) >= 11 is 5.72.